The topological polar surface area (TPSA) is 95.9 Å². The molecule has 1 saturated heterocycles. The Hall–Kier alpha value is -1.79. The summed E-state index contributed by atoms with van der Waals surface area (Å²) < 4.78 is 4.71. The first-order chi connectivity index (χ1) is 9.45. The van der Waals surface area contributed by atoms with Gasteiger partial charge in [-0.05, 0) is 26.2 Å². The molecule has 0 aromatic heterocycles. The van der Waals surface area contributed by atoms with Crippen LogP contribution in [0.2, 0.25) is 0 Å². The van der Waals surface area contributed by atoms with Crippen LogP contribution >= 0.6 is 0 Å². The number of carbonyl (C=O) groups excluding carboxylic acids is 2. The first-order valence-electron chi connectivity index (χ1n) is 6.87. The van der Waals surface area contributed by atoms with E-state index in [9.17, 15) is 19.5 Å². The lowest BCUT2D eigenvalue weighted by molar-refractivity contribution is -0.151. The number of likely N-dealkylation sites (tertiary alicyclic amines) is 1. The minimum atomic E-state index is -0.799. The van der Waals surface area contributed by atoms with E-state index in [0.29, 0.717) is 32.4 Å². The second kappa shape index (κ2) is 7.12. The molecule has 0 aromatic carbocycles. The molecule has 2 N–H and O–H groups in total. The summed E-state index contributed by atoms with van der Waals surface area (Å²) in [4.78, 5) is 35.8. The monoisotopic (exact) mass is 286 g/mol. The zero-order chi connectivity index (χ0) is 15.2. The van der Waals surface area contributed by atoms with Gasteiger partial charge in [0.1, 0.15) is 6.54 Å². The Labute approximate surface area is 118 Å². The number of carbonyl (C=O) groups is 3. The summed E-state index contributed by atoms with van der Waals surface area (Å²) in [5.41, 5.74) is -0.724. The molecule has 0 unspecified atom stereocenters. The SMILES string of the molecule is CCOC(=O)CNC(=O)N1CCC(CC)(C(=O)O)CC1. The van der Waals surface area contributed by atoms with Crippen molar-refractivity contribution < 1.29 is 24.2 Å². The molecule has 0 aromatic rings. The van der Waals surface area contributed by atoms with Gasteiger partial charge in [-0.15, -0.1) is 0 Å². The van der Waals surface area contributed by atoms with Crippen LogP contribution in [0.1, 0.15) is 33.1 Å². The zero-order valence-electron chi connectivity index (χ0n) is 12.0. The molecule has 1 heterocycles. The first-order valence-corrected chi connectivity index (χ1v) is 6.87. The Morgan fingerprint density at radius 2 is 1.85 bits per heavy atom. The number of hydrogen-bond donors (Lipinski definition) is 2. The fourth-order valence-corrected chi connectivity index (χ4v) is 2.33. The molecular formula is C13H22N2O5. The number of carboxylic acids is 1. The third-order valence-corrected chi connectivity index (χ3v) is 3.83. The highest BCUT2D eigenvalue weighted by Gasteiger charge is 2.40. The number of nitrogens with one attached hydrogen (secondary N) is 1. The largest absolute Gasteiger partial charge is 0.481 e. The Bertz CT molecular complexity index is 375. The molecule has 0 aliphatic carbocycles. The van der Waals surface area contributed by atoms with Crippen LogP contribution in [0.5, 0.6) is 0 Å². The molecule has 0 radical (unpaired) electrons. The smallest absolute Gasteiger partial charge is 0.325 e. The Kier molecular flexibility index (Phi) is 5.79. The Morgan fingerprint density at radius 3 is 2.30 bits per heavy atom. The molecule has 1 rings (SSSR count). The lowest BCUT2D eigenvalue weighted by Gasteiger charge is -2.38. The van der Waals surface area contributed by atoms with Gasteiger partial charge in [0.25, 0.3) is 0 Å². The maximum Gasteiger partial charge on any atom is 0.325 e. The van der Waals surface area contributed by atoms with E-state index in [-0.39, 0.29) is 19.2 Å². The highest BCUT2D eigenvalue weighted by atomic mass is 16.5. The van der Waals surface area contributed by atoms with Crippen LogP contribution in [-0.2, 0) is 14.3 Å². The summed E-state index contributed by atoms with van der Waals surface area (Å²) in [5.74, 6) is -1.28. The normalized spacial score (nSPS) is 17.4. The van der Waals surface area contributed by atoms with Gasteiger partial charge < -0.3 is 20.1 Å². The van der Waals surface area contributed by atoms with Crippen molar-refractivity contribution in [1.82, 2.24) is 10.2 Å². The third-order valence-electron chi connectivity index (χ3n) is 3.83. The summed E-state index contributed by atoms with van der Waals surface area (Å²) in [5, 5.41) is 11.7. The minimum absolute atomic E-state index is 0.166. The van der Waals surface area contributed by atoms with Crippen molar-refractivity contribution in [2.24, 2.45) is 5.41 Å². The van der Waals surface area contributed by atoms with Crippen molar-refractivity contribution in [1.29, 1.82) is 0 Å². The summed E-state index contributed by atoms with van der Waals surface area (Å²) in [7, 11) is 0. The number of hydrogen-bond acceptors (Lipinski definition) is 4. The molecular weight excluding hydrogens is 264 g/mol. The van der Waals surface area contributed by atoms with E-state index in [1.807, 2.05) is 6.92 Å². The summed E-state index contributed by atoms with van der Waals surface area (Å²) in [6, 6.07) is -0.354. The maximum atomic E-state index is 11.8. The second-order valence-corrected chi connectivity index (χ2v) is 4.89. The lowest BCUT2D eigenvalue weighted by atomic mass is 9.76. The molecule has 1 fully saturated rings. The third kappa shape index (κ3) is 3.85. The van der Waals surface area contributed by atoms with Crippen molar-refractivity contribution in [3.63, 3.8) is 0 Å². The molecule has 7 nitrogen and oxygen atoms in total. The molecule has 0 atom stereocenters. The van der Waals surface area contributed by atoms with Gasteiger partial charge in [-0.25, -0.2) is 4.79 Å². The van der Waals surface area contributed by atoms with Crippen LogP contribution in [-0.4, -0.2) is 54.2 Å². The van der Waals surface area contributed by atoms with Gasteiger partial charge in [0, 0.05) is 13.1 Å². The number of amides is 2. The standard InChI is InChI=1S/C13H22N2O5/c1-3-13(11(17)18)5-7-15(8-6-13)12(19)14-9-10(16)20-4-2/h3-9H2,1-2H3,(H,14,19)(H,17,18). The predicted octanol–water partition coefficient (Wildman–Crippen LogP) is 0.836. The number of urea groups is 1. The summed E-state index contributed by atoms with van der Waals surface area (Å²) in [6.45, 7) is 4.42. The van der Waals surface area contributed by atoms with Gasteiger partial charge >= 0.3 is 18.0 Å². The van der Waals surface area contributed by atoms with E-state index < -0.39 is 17.4 Å². The number of aliphatic carboxylic acids is 1. The molecule has 7 heteroatoms. The van der Waals surface area contributed by atoms with Crippen LogP contribution < -0.4 is 5.32 Å². The highest BCUT2D eigenvalue weighted by Crippen LogP contribution is 2.35. The second-order valence-electron chi connectivity index (χ2n) is 4.89. The molecule has 0 saturated carbocycles. The minimum Gasteiger partial charge on any atom is -0.481 e. The molecule has 20 heavy (non-hydrogen) atoms. The molecule has 1 aliphatic rings. The molecule has 114 valence electrons. The summed E-state index contributed by atoms with van der Waals surface area (Å²) in [6.07, 6.45) is 1.43. The van der Waals surface area contributed by atoms with Crippen molar-refractivity contribution in [2.45, 2.75) is 33.1 Å². The van der Waals surface area contributed by atoms with Crippen molar-refractivity contribution >= 4 is 18.0 Å². The van der Waals surface area contributed by atoms with Gasteiger partial charge in [0.15, 0.2) is 0 Å². The van der Waals surface area contributed by atoms with E-state index in [2.05, 4.69) is 5.32 Å². The first kappa shape index (κ1) is 16.3. The molecule has 1 aliphatic heterocycles. The van der Waals surface area contributed by atoms with E-state index in [1.54, 1.807) is 6.92 Å². The van der Waals surface area contributed by atoms with Gasteiger partial charge in [-0.3, -0.25) is 9.59 Å². The van der Waals surface area contributed by atoms with Gasteiger partial charge in [0.2, 0.25) is 0 Å². The van der Waals surface area contributed by atoms with E-state index in [1.165, 1.54) is 4.90 Å². The van der Waals surface area contributed by atoms with E-state index in [0.717, 1.165) is 0 Å². The number of esters is 1. The van der Waals surface area contributed by atoms with Crippen LogP contribution in [0, 0.1) is 5.41 Å². The average Bonchev–Trinajstić information content (AvgIpc) is 2.45. The quantitative estimate of drug-likeness (QED) is 0.730. The summed E-state index contributed by atoms with van der Waals surface area (Å²) >= 11 is 0. The number of rotatable bonds is 5. The van der Waals surface area contributed by atoms with Crippen LogP contribution in [0.4, 0.5) is 4.79 Å². The van der Waals surface area contributed by atoms with Crippen molar-refractivity contribution in [3.8, 4) is 0 Å². The fraction of sp³-hybridized carbons (Fsp3) is 0.769. The Balaban J connectivity index is 2.43. The Morgan fingerprint density at radius 1 is 1.25 bits per heavy atom. The maximum absolute atomic E-state index is 11.8. The zero-order valence-corrected chi connectivity index (χ0v) is 12.0. The number of carboxylic acid groups (broad SMARTS) is 1. The van der Waals surface area contributed by atoms with Crippen molar-refractivity contribution in [2.75, 3.05) is 26.2 Å². The van der Waals surface area contributed by atoms with Gasteiger partial charge in [0.05, 0.1) is 12.0 Å². The van der Waals surface area contributed by atoms with E-state index >= 15 is 0 Å². The van der Waals surface area contributed by atoms with Crippen LogP contribution in [0.3, 0.4) is 0 Å². The fourth-order valence-electron chi connectivity index (χ4n) is 2.33. The van der Waals surface area contributed by atoms with Crippen molar-refractivity contribution in [3.05, 3.63) is 0 Å². The van der Waals surface area contributed by atoms with Gasteiger partial charge in [-0.1, -0.05) is 6.92 Å². The number of ether oxygens (including phenoxy) is 1. The molecule has 2 amide bonds. The van der Waals surface area contributed by atoms with Gasteiger partial charge in [-0.2, -0.15) is 0 Å². The molecule has 0 bridgehead atoms. The van der Waals surface area contributed by atoms with Crippen LogP contribution in [0.15, 0.2) is 0 Å². The number of piperidine rings is 1. The number of nitrogens with zero attached hydrogens (tertiary/aromatic N) is 1. The average molecular weight is 286 g/mol. The highest BCUT2D eigenvalue weighted by molar-refractivity contribution is 5.81. The lowest BCUT2D eigenvalue weighted by Crippen LogP contribution is -2.50. The predicted molar refractivity (Wildman–Crippen MR) is 71.2 cm³/mol. The molecule has 0 spiro atoms. The van der Waals surface area contributed by atoms with E-state index in [4.69, 9.17) is 4.74 Å². The van der Waals surface area contributed by atoms with Crippen LogP contribution in [0.25, 0.3) is 0 Å².